The fourth-order valence-electron chi connectivity index (χ4n) is 3.07. The van der Waals surface area contributed by atoms with Gasteiger partial charge in [0.1, 0.15) is 18.1 Å². The van der Waals surface area contributed by atoms with Crippen LogP contribution in [0.25, 0.3) is 5.65 Å². The first-order valence-corrected chi connectivity index (χ1v) is 9.16. The summed E-state index contributed by atoms with van der Waals surface area (Å²) in [6.07, 6.45) is 2.79. The third-order valence-electron chi connectivity index (χ3n) is 4.52. The molecule has 0 aliphatic rings. The lowest BCUT2D eigenvalue weighted by Gasteiger charge is -2.10. The molecule has 0 unspecified atom stereocenters. The van der Waals surface area contributed by atoms with Gasteiger partial charge >= 0.3 is 5.69 Å². The Hall–Kier alpha value is -4.01. The van der Waals surface area contributed by atoms with Gasteiger partial charge in [0.2, 0.25) is 11.6 Å². The molecule has 2 aromatic carbocycles. The van der Waals surface area contributed by atoms with Gasteiger partial charge in [0, 0.05) is 24.1 Å². The number of rotatable bonds is 5. The quantitative estimate of drug-likeness (QED) is 0.549. The standard InChI is InChI=1S/C21H18FN5O3/c1-13-5-3-6-14(2)18(13)24-17(28)12-27-21(29)26-10-9-23-20(19(26)25-27)30-16-8-4-7-15(22)11-16/h3-11H,12H2,1-2H3,(H,24,28). The van der Waals surface area contributed by atoms with Gasteiger partial charge in [0.15, 0.2) is 0 Å². The average Bonchev–Trinajstić information content (AvgIpc) is 3.02. The lowest BCUT2D eigenvalue weighted by atomic mass is 10.1. The van der Waals surface area contributed by atoms with Crippen molar-refractivity contribution in [2.45, 2.75) is 20.4 Å². The lowest BCUT2D eigenvalue weighted by Crippen LogP contribution is -2.28. The third-order valence-corrected chi connectivity index (χ3v) is 4.52. The van der Waals surface area contributed by atoms with Crippen LogP contribution in [0.1, 0.15) is 11.1 Å². The summed E-state index contributed by atoms with van der Waals surface area (Å²) in [6.45, 7) is 3.50. The fraction of sp³-hybridized carbons (Fsp3) is 0.143. The van der Waals surface area contributed by atoms with Gasteiger partial charge in [0.25, 0.3) is 5.88 Å². The zero-order chi connectivity index (χ0) is 21.3. The van der Waals surface area contributed by atoms with Crippen LogP contribution >= 0.6 is 0 Å². The molecule has 0 bridgehead atoms. The summed E-state index contributed by atoms with van der Waals surface area (Å²) in [7, 11) is 0. The first kappa shape index (κ1) is 19.3. The van der Waals surface area contributed by atoms with E-state index in [0.29, 0.717) is 5.69 Å². The van der Waals surface area contributed by atoms with Crippen LogP contribution in [-0.2, 0) is 11.3 Å². The maximum atomic E-state index is 13.4. The number of anilines is 1. The van der Waals surface area contributed by atoms with Crippen molar-refractivity contribution in [3.63, 3.8) is 0 Å². The molecule has 0 radical (unpaired) electrons. The number of nitrogens with zero attached hydrogens (tertiary/aromatic N) is 4. The summed E-state index contributed by atoms with van der Waals surface area (Å²) in [5.41, 5.74) is 2.14. The number of para-hydroxylation sites is 1. The molecule has 4 aromatic rings. The summed E-state index contributed by atoms with van der Waals surface area (Å²) in [4.78, 5) is 29.2. The molecule has 1 N–H and O–H groups in total. The van der Waals surface area contributed by atoms with Gasteiger partial charge in [-0.25, -0.2) is 23.3 Å². The van der Waals surface area contributed by atoms with E-state index in [1.54, 1.807) is 6.07 Å². The van der Waals surface area contributed by atoms with E-state index in [9.17, 15) is 14.0 Å². The number of fused-ring (bicyclic) bond motifs is 1. The fourth-order valence-corrected chi connectivity index (χ4v) is 3.07. The van der Waals surface area contributed by atoms with E-state index in [4.69, 9.17) is 4.74 Å². The van der Waals surface area contributed by atoms with Gasteiger partial charge < -0.3 is 10.1 Å². The van der Waals surface area contributed by atoms with Gasteiger partial charge in [-0.15, -0.1) is 5.10 Å². The van der Waals surface area contributed by atoms with E-state index in [-0.39, 0.29) is 23.8 Å². The molecular formula is C21H18FN5O3. The molecule has 0 atom stereocenters. The maximum Gasteiger partial charge on any atom is 0.351 e. The number of carbonyl (C=O) groups excluding carboxylic acids is 1. The first-order valence-electron chi connectivity index (χ1n) is 9.16. The minimum absolute atomic E-state index is 0.0223. The molecule has 0 aliphatic heterocycles. The van der Waals surface area contributed by atoms with Crippen LogP contribution < -0.4 is 15.7 Å². The van der Waals surface area contributed by atoms with Crippen molar-refractivity contribution in [2.24, 2.45) is 0 Å². The van der Waals surface area contributed by atoms with Crippen molar-refractivity contribution < 1.29 is 13.9 Å². The predicted octanol–water partition coefficient (Wildman–Crippen LogP) is 3.08. The molecule has 152 valence electrons. The maximum absolute atomic E-state index is 13.4. The second kappa shape index (κ2) is 7.78. The third kappa shape index (κ3) is 3.77. The van der Waals surface area contributed by atoms with E-state index < -0.39 is 17.4 Å². The van der Waals surface area contributed by atoms with Gasteiger partial charge in [-0.05, 0) is 37.1 Å². The van der Waals surface area contributed by atoms with Crippen molar-refractivity contribution in [1.29, 1.82) is 0 Å². The summed E-state index contributed by atoms with van der Waals surface area (Å²) >= 11 is 0. The van der Waals surface area contributed by atoms with Crippen LogP contribution in [-0.4, -0.2) is 25.1 Å². The summed E-state index contributed by atoms with van der Waals surface area (Å²) in [5, 5.41) is 7.01. The Morgan fingerprint density at radius 3 is 2.63 bits per heavy atom. The number of carbonyl (C=O) groups is 1. The van der Waals surface area contributed by atoms with Gasteiger partial charge in [-0.3, -0.25) is 4.79 Å². The molecule has 30 heavy (non-hydrogen) atoms. The van der Waals surface area contributed by atoms with Crippen molar-refractivity contribution in [3.8, 4) is 11.6 Å². The Morgan fingerprint density at radius 2 is 1.90 bits per heavy atom. The smallest absolute Gasteiger partial charge is 0.351 e. The minimum atomic E-state index is -0.520. The Balaban J connectivity index is 1.62. The number of hydrogen-bond acceptors (Lipinski definition) is 5. The largest absolute Gasteiger partial charge is 0.436 e. The summed E-state index contributed by atoms with van der Waals surface area (Å²) in [5.74, 6) is -0.622. The molecule has 9 heteroatoms. The highest BCUT2D eigenvalue weighted by Gasteiger charge is 2.16. The van der Waals surface area contributed by atoms with Crippen LogP contribution in [0.5, 0.6) is 11.6 Å². The Labute approximate surface area is 170 Å². The molecule has 2 heterocycles. The van der Waals surface area contributed by atoms with E-state index in [1.807, 2.05) is 32.0 Å². The van der Waals surface area contributed by atoms with Gasteiger partial charge in [-0.1, -0.05) is 24.3 Å². The molecule has 0 aliphatic carbocycles. The van der Waals surface area contributed by atoms with Crippen molar-refractivity contribution in [3.05, 3.63) is 82.3 Å². The van der Waals surface area contributed by atoms with Crippen LogP contribution in [0.2, 0.25) is 0 Å². The highest BCUT2D eigenvalue weighted by molar-refractivity contribution is 5.92. The molecule has 0 spiro atoms. The molecule has 0 fully saturated rings. The number of ether oxygens (including phenoxy) is 1. The normalized spacial score (nSPS) is 10.9. The number of halogens is 1. The molecule has 8 nitrogen and oxygen atoms in total. The van der Waals surface area contributed by atoms with E-state index >= 15 is 0 Å². The SMILES string of the molecule is Cc1cccc(C)c1NC(=O)Cn1nc2c(Oc3cccc(F)c3)nccn2c1=O. The average molecular weight is 407 g/mol. The second-order valence-electron chi connectivity index (χ2n) is 6.74. The van der Waals surface area contributed by atoms with E-state index in [1.165, 1.54) is 35.0 Å². The molecule has 1 amide bonds. The number of amides is 1. The van der Waals surface area contributed by atoms with Crippen molar-refractivity contribution in [1.82, 2.24) is 19.2 Å². The van der Waals surface area contributed by atoms with E-state index in [0.717, 1.165) is 15.8 Å². The number of nitrogens with one attached hydrogen (secondary N) is 1. The van der Waals surface area contributed by atoms with Crippen LogP contribution in [0.15, 0.2) is 59.7 Å². The minimum Gasteiger partial charge on any atom is -0.436 e. The topological polar surface area (TPSA) is 90.5 Å². The molecule has 0 saturated heterocycles. The second-order valence-corrected chi connectivity index (χ2v) is 6.74. The van der Waals surface area contributed by atoms with Gasteiger partial charge in [0.05, 0.1) is 0 Å². The van der Waals surface area contributed by atoms with Gasteiger partial charge in [-0.2, -0.15) is 0 Å². The predicted molar refractivity (Wildman–Crippen MR) is 108 cm³/mol. The highest BCUT2D eigenvalue weighted by atomic mass is 19.1. The molecule has 0 saturated carbocycles. The van der Waals surface area contributed by atoms with Crippen molar-refractivity contribution in [2.75, 3.05) is 5.32 Å². The number of aryl methyl sites for hydroxylation is 2. The number of aromatic nitrogens is 4. The molecular weight excluding hydrogens is 389 g/mol. The molecule has 2 aromatic heterocycles. The Morgan fingerprint density at radius 1 is 1.17 bits per heavy atom. The van der Waals surface area contributed by atoms with Crippen LogP contribution in [0, 0.1) is 19.7 Å². The van der Waals surface area contributed by atoms with E-state index in [2.05, 4.69) is 15.4 Å². The van der Waals surface area contributed by atoms with Crippen LogP contribution in [0.3, 0.4) is 0 Å². The zero-order valence-corrected chi connectivity index (χ0v) is 16.3. The summed E-state index contributed by atoms with van der Waals surface area (Å²) < 4.78 is 21.2. The number of benzene rings is 2. The highest BCUT2D eigenvalue weighted by Crippen LogP contribution is 2.23. The Kier molecular flexibility index (Phi) is 5.01. The summed E-state index contributed by atoms with van der Waals surface area (Å²) in [6, 6.07) is 11.2. The van der Waals surface area contributed by atoms with Crippen LogP contribution in [0.4, 0.5) is 10.1 Å². The number of hydrogen-bond donors (Lipinski definition) is 1. The Bertz CT molecular complexity index is 1290. The molecule has 4 rings (SSSR count). The monoisotopic (exact) mass is 407 g/mol. The lowest BCUT2D eigenvalue weighted by molar-refractivity contribution is -0.117. The van der Waals surface area contributed by atoms with Crippen molar-refractivity contribution >= 4 is 17.2 Å². The zero-order valence-electron chi connectivity index (χ0n) is 16.3. The first-order chi connectivity index (χ1) is 14.4.